The van der Waals surface area contributed by atoms with Crippen LogP contribution in [0.15, 0.2) is 10.6 Å². The van der Waals surface area contributed by atoms with E-state index in [-0.39, 0.29) is 0 Å². The lowest BCUT2D eigenvalue weighted by molar-refractivity contribution is 0.378. The van der Waals surface area contributed by atoms with Gasteiger partial charge in [-0.05, 0) is 25.2 Å². The summed E-state index contributed by atoms with van der Waals surface area (Å²) in [4.78, 5) is 9.71. The van der Waals surface area contributed by atoms with Crippen LogP contribution in [0.4, 0.5) is 5.82 Å². The third kappa shape index (κ3) is 3.68. The highest BCUT2D eigenvalue weighted by Gasteiger charge is 2.25. The second-order valence-electron chi connectivity index (χ2n) is 7.68. The van der Waals surface area contributed by atoms with E-state index in [4.69, 9.17) is 14.5 Å². The van der Waals surface area contributed by atoms with Gasteiger partial charge in [0.05, 0.1) is 17.9 Å². The Morgan fingerprint density at radius 2 is 2.08 bits per heavy atom. The summed E-state index contributed by atoms with van der Waals surface area (Å²) in [7, 11) is 0. The van der Waals surface area contributed by atoms with E-state index in [0.29, 0.717) is 18.4 Å². The van der Waals surface area contributed by atoms with Gasteiger partial charge < -0.3 is 15.2 Å². The molecular weight excluding hydrogens is 314 g/mol. The molecule has 0 saturated heterocycles. The molecule has 3 heterocycles. The van der Waals surface area contributed by atoms with Crippen LogP contribution in [0.1, 0.15) is 74.0 Å². The Morgan fingerprint density at radius 1 is 1.24 bits per heavy atom. The summed E-state index contributed by atoms with van der Waals surface area (Å²) in [6.45, 7) is 6.66. The normalized spacial score (nSPS) is 17.4. The lowest BCUT2D eigenvalue weighted by atomic mass is 10.1. The Balaban J connectivity index is 1.50. The quantitative estimate of drug-likeness (QED) is 0.837. The van der Waals surface area contributed by atoms with E-state index >= 15 is 0 Å². The predicted octanol–water partition coefficient (Wildman–Crippen LogP) is 3.54. The van der Waals surface area contributed by atoms with E-state index in [0.717, 1.165) is 48.3 Å². The first-order valence-electron chi connectivity index (χ1n) is 9.48. The Bertz CT molecular complexity index is 733. The molecule has 6 nitrogen and oxygen atoms in total. The molecule has 1 saturated carbocycles. The Kier molecular flexibility index (Phi) is 4.70. The van der Waals surface area contributed by atoms with Crippen molar-refractivity contribution in [2.75, 3.05) is 5.32 Å². The van der Waals surface area contributed by atoms with E-state index < -0.39 is 0 Å². The molecule has 0 atom stereocenters. The topological polar surface area (TPSA) is 75.9 Å². The molecule has 1 aliphatic heterocycles. The SMILES string of the molecule is CC(C)Cc1cc(CNc2nc(C3CCCC3)nc3c2CNC3)on1. The molecule has 0 spiro atoms. The maximum Gasteiger partial charge on any atom is 0.156 e. The highest BCUT2D eigenvalue weighted by Crippen LogP contribution is 2.34. The van der Waals surface area contributed by atoms with Crippen molar-refractivity contribution >= 4 is 5.82 Å². The van der Waals surface area contributed by atoms with E-state index in [9.17, 15) is 0 Å². The van der Waals surface area contributed by atoms with E-state index in [1.54, 1.807) is 0 Å². The molecule has 134 valence electrons. The van der Waals surface area contributed by atoms with Gasteiger partial charge in [-0.25, -0.2) is 9.97 Å². The molecule has 0 aromatic carbocycles. The highest BCUT2D eigenvalue weighted by molar-refractivity contribution is 5.48. The smallest absolute Gasteiger partial charge is 0.156 e. The number of aromatic nitrogens is 3. The zero-order valence-corrected chi connectivity index (χ0v) is 15.1. The van der Waals surface area contributed by atoms with Crippen LogP contribution in [0, 0.1) is 5.92 Å². The van der Waals surface area contributed by atoms with E-state index in [1.807, 2.05) is 6.07 Å². The van der Waals surface area contributed by atoms with Gasteiger partial charge in [-0.15, -0.1) is 0 Å². The fraction of sp³-hybridized carbons (Fsp3) is 0.632. The first kappa shape index (κ1) is 16.5. The fourth-order valence-electron chi connectivity index (χ4n) is 3.82. The van der Waals surface area contributed by atoms with Gasteiger partial charge in [0.1, 0.15) is 11.6 Å². The average Bonchev–Trinajstić information content (AvgIpc) is 3.33. The molecule has 2 aromatic heterocycles. The van der Waals surface area contributed by atoms with Crippen molar-refractivity contribution in [3.8, 4) is 0 Å². The second kappa shape index (κ2) is 7.12. The first-order chi connectivity index (χ1) is 12.2. The summed E-state index contributed by atoms with van der Waals surface area (Å²) in [5, 5.41) is 11.0. The Hall–Kier alpha value is -1.95. The third-order valence-corrected chi connectivity index (χ3v) is 5.08. The molecule has 1 aliphatic carbocycles. The molecule has 2 aliphatic rings. The monoisotopic (exact) mass is 341 g/mol. The number of rotatable bonds is 6. The van der Waals surface area contributed by atoms with Crippen molar-refractivity contribution in [2.24, 2.45) is 5.92 Å². The van der Waals surface area contributed by atoms with Gasteiger partial charge in [-0.1, -0.05) is 31.8 Å². The summed E-state index contributed by atoms with van der Waals surface area (Å²) in [5.74, 6) is 3.93. The standard InChI is InChI=1S/C19H27N5O/c1-12(2)7-14-8-15(25-24-14)9-21-19-16-10-20-11-17(16)22-18(23-19)13-5-3-4-6-13/h8,12-13,20H,3-7,9-11H2,1-2H3,(H,21,22,23). The van der Waals surface area contributed by atoms with Crippen LogP contribution in [0.3, 0.4) is 0 Å². The summed E-state index contributed by atoms with van der Waals surface area (Å²) < 4.78 is 5.47. The summed E-state index contributed by atoms with van der Waals surface area (Å²) in [5.41, 5.74) is 3.37. The molecule has 2 N–H and O–H groups in total. The predicted molar refractivity (Wildman–Crippen MR) is 96.2 cm³/mol. The van der Waals surface area contributed by atoms with Crippen molar-refractivity contribution in [2.45, 2.75) is 71.5 Å². The third-order valence-electron chi connectivity index (χ3n) is 5.08. The van der Waals surface area contributed by atoms with Gasteiger partial charge in [0.25, 0.3) is 0 Å². The van der Waals surface area contributed by atoms with Gasteiger partial charge in [-0.2, -0.15) is 0 Å². The zero-order chi connectivity index (χ0) is 17.2. The molecule has 0 unspecified atom stereocenters. The van der Waals surface area contributed by atoms with Crippen LogP contribution in [0.2, 0.25) is 0 Å². The van der Waals surface area contributed by atoms with Gasteiger partial charge in [-0.3, -0.25) is 0 Å². The van der Waals surface area contributed by atoms with Crippen LogP contribution in [0.5, 0.6) is 0 Å². The molecular formula is C19H27N5O. The Morgan fingerprint density at radius 3 is 2.88 bits per heavy atom. The molecule has 2 aromatic rings. The van der Waals surface area contributed by atoms with Crippen LogP contribution < -0.4 is 10.6 Å². The largest absolute Gasteiger partial charge is 0.362 e. The summed E-state index contributed by atoms with van der Waals surface area (Å²) >= 11 is 0. The van der Waals surface area contributed by atoms with Gasteiger partial charge in [0.2, 0.25) is 0 Å². The zero-order valence-electron chi connectivity index (χ0n) is 15.1. The number of hydrogen-bond acceptors (Lipinski definition) is 6. The number of nitrogens with zero attached hydrogens (tertiary/aromatic N) is 3. The number of fused-ring (bicyclic) bond motifs is 1. The number of anilines is 1. The molecule has 0 amide bonds. The minimum absolute atomic E-state index is 0.523. The van der Waals surface area contributed by atoms with Crippen LogP contribution in [-0.4, -0.2) is 15.1 Å². The molecule has 25 heavy (non-hydrogen) atoms. The fourth-order valence-corrected chi connectivity index (χ4v) is 3.82. The maximum absolute atomic E-state index is 5.47. The van der Waals surface area contributed by atoms with Crippen LogP contribution in [0.25, 0.3) is 0 Å². The van der Waals surface area contributed by atoms with Crippen LogP contribution >= 0.6 is 0 Å². The molecule has 0 radical (unpaired) electrons. The van der Waals surface area contributed by atoms with Crippen molar-refractivity contribution < 1.29 is 4.52 Å². The maximum atomic E-state index is 5.47. The van der Waals surface area contributed by atoms with Gasteiger partial charge in [0, 0.05) is 30.6 Å². The lowest BCUT2D eigenvalue weighted by Gasteiger charge is -2.14. The summed E-state index contributed by atoms with van der Waals surface area (Å²) in [6, 6.07) is 2.05. The van der Waals surface area contributed by atoms with Crippen LogP contribution in [-0.2, 0) is 26.1 Å². The van der Waals surface area contributed by atoms with E-state index in [2.05, 4.69) is 29.6 Å². The molecule has 4 rings (SSSR count). The Labute approximate surface area is 148 Å². The molecule has 6 heteroatoms. The highest BCUT2D eigenvalue weighted by atomic mass is 16.5. The average molecular weight is 341 g/mol. The number of nitrogens with one attached hydrogen (secondary N) is 2. The van der Waals surface area contributed by atoms with E-state index in [1.165, 1.54) is 31.2 Å². The minimum Gasteiger partial charge on any atom is -0.362 e. The van der Waals surface area contributed by atoms with Crippen molar-refractivity contribution in [3.05, 3.63) is 34.6 Å². The van der Waals surface area contributed by atoms with Gasteiger partial charge in [0.15, 0.2) is 5.76 Å². The second-order valence-corrected chi connectivity index (χ2v) is 7.68. The van der Waals surface area contributed by atoms with Gasteiger partial charge >= 0.3 is 0 Å². The number of hydrogen-bond donors (Lipinski definition) is 2. The lowest BCUT2D eigenvalue weighted by Crippen LogP contribution is -2.10. The minimum atomic E-state index is 0.523. The molecule has 0 bridgehead atoms. The van der Waals surface area contributed by atoms with Crippen molar-refractivity contribution in [3.63, 3.8) is 0 Å². The first-order valence-corrected chi connectivity index (χ1v) is 9.48. The van der Waals surface area contributed by atoms with Crippen molar-refractivity contribution in [1.82, 2.24) is 20.4 Å². The molecule has 1 fully saturated rings. The summed E-state index contributed by atoms with van der Waals surface area (Å²) in [6.07, 6.45) is 5.96. The van der Waals surface area contributed by atoms with Crippen molar-refractivity contribution in [1.29, 1.82) is 0 Å².